The molecule has 1 atom stereocenters. The van der Waals surface area contributed by atoms with Crippen molar-refractivity contribution in [3.05, 3.63) is 44.6 Å². The van der Waals surface area contributed by atoms with Crippen molar-refractivity contribution in [2.24, 2.45) is 5.16 Å². The van der Waals surface area contributed by atoms with Gasteiger partial charge >= 0.3 is 0 Å². The van der Waals surface area contributed by atoms with Gasteiger partial charge in [-0.25, -0.2) is 0 Å². The van der Waals surface area contributed by atoms with Gasteiger partial charge in [-0.05, 0) is 30.3 Å². The summed E-state index contributed by atoms with van der Waals surface area (Å²) in [5, 5.41) is 10.0. The maximum Gasteiger partial charge on any atom is 0.268 e. The summed E-state index contributed by atoms with van der Waals surface area (Å²) in [6.45, 7) is 1.51. The Morgan fingerprint density at radius 2 is 2.18 bits per heavy atom. The molecule has 2 N–H and O–H groups in total. The molecule has 4 rings (SSSR count). The van der Waals surface area contributed by atoms with E-state index in [4.69, 9.17) is 28.0 Å². The quantitative estimate of drug-likeness (QED) is 0.767. The fraction of sp³-hybridized carbons (Fsp3) is 0.278. The molecule has 10 heteroatoms. The van der Waals surface area contributed by atoms with Crippen LogP contribution in [0.15, 0.2) is 35.5 Å². The van der Waals surface area contributed by atoms with Crippen molar-refractivity contribution >= 4 is 63.4 Å². The highest BCUT2D eigenvalue weighted by Crippen LogP contribution is 2.30. The van der Waals surface area contributed by atoms with Crippen LogP contribution in [0, 0.1) is 0 Å². The molecule has 0 spiro atoms. The summed E-state index contributed by atoms with van der Waals surface area (Å²) in [5.41, 5.74) is 2.01. The summed E-state index contributed by atoms with van der Waals surface area (Å²) in [4.78, 5) is 32.1. The average Bonchev–Trinajstić information content (AvgIpc) is 3.31. The van der Waals surface area contributed by atoms with Gasteiger partial charge in [0.1, 0.15) is 5.71 Å². The number of anilines is 2. The van der Waals surface area contributed by atoms with Crippen molar-refractivity contribution in [2.75, 3.05) is 29.9 Å². The number of rotatable bonds is 4. The van der Waals surface area contributed by atoms with Crippen molar-refractivity contribution in [1.82, 2.24) is 5.32 Å². The molecule has 28 heavy (non-hydrogen) atoms. The van der Waals surface area contributed by atoms with Crippen LogP contribution in [0.2, 0.25) is 9.36 Å². The zero-order chi connectivity index (χ0) is 19.7. The molecule has 1 aromatic heterocycles. The first kappa shape index (κ1) is 19.0. The number of carbonyl (C=O) groups excluding carboxylic acids is 2. The van der Waals surface area contributed by atoms with Gasteiger partial charge in [0.05, 0.1) is 26.5 Å². The van der Waals surface area contributed by atoms with Crippen molar-refractivity contribution in [3.8, 4) is 0 Å². The monoisotopic (exact) mass is 438 g/mol. The topological polar surface area (TPSA) is 83.0 Å². The molecule has 1 aromatic carbocycles. The van der Waals surface area contributed by atoms with E-state index < -0.39 is 6.10 Å². The number of thiophene rings is 1. The Morgan fingerprint density at radius 3 is 2.89 bits per heavy atom. The van der Waals surface area contributed by atoms with Crippen LogP contribution in [-0.4, -0.2) is 43.3 Å². The maximum absolute atomic E-state index is 12.5. The molecule has 2 aliphatic heterocycles. The Hall–Kier alpha value is -2.29. The van der Waals surface area contributed by atoms with E-state index in [0.29, 0.717) is 40.3 Å². The minimum atomic E-state index is -0.708. The lowest BCUT2D eigenvalue weighted by Crippen LogP contribution is -2.47. The van der Waals surface area contributed by atoms with E-state index in [1.54, 1.807) is 24.3 Å². The van der Waals surface area contributed by atoms with Crippen LogP contribution in [0.1, 0.15) is 11.3 Å². The zero-order valence-electron chi connectivity index (χ0n) is 14.6. The molecule has 0 radical (unpaired) electrons. The van der Waals surface area contributed by atoms with Crippen molar-refractivity contribution < 1.29 is 14.4 Å². The lowest BCUT2D eigenvalue weighted by Gasteiger charge is -2.29. The molecule has 146 valence electrons. The smallest absolute Gasteiger partial charge is 0.268 e. The molecule has 2 aliphatic rings. The molecule has 2 aromatic rings. The summed E-state index contributed by atoms with van der Waals surface area (Å²) < 4.78 is 0.659. The molecular weight excluding hydrogens is 423 g/mol. The van der Waals surface area contributed by atoms with Crippen LogP contribution in [0.5, 0.6) is 0 Å². The molecule has 3 heterocycles. The predicted molar refractivity (Wildman–Crippen MR) is 111 cm³/mol. The largest absolute Gasteiger partial charge is 0.382 e. The number of nitrogens with one attached hydrogen (secondary N) is 2. The molecule has 2 amide bonds. The van der Waals surface area contributed by atoms with E-state index >= 15 is 0 Å². The third kappa shape index (κ3) is 4.09. The number of hydrogen-bond acceptors (Lipinski definition) is 6. The Bertz CT molecular complexity index is 962. The summed E-state index contributed by atoms with van der Waals surface area (Å²) in [5.74, 6) is -0.344. The van der Waals surface area contributed by atoms with Crippen LogP contribution in [0.25, 0.3) is 0 Å². The number of piperazine rings is 1. The van der Waals surface area contributed by atoms with Gasteiger partial charge in [0.2, 0.25) is 12.0 Å². The summed E-state index contributed by atoms with van der Waals surface area (Å²) in [6.07, 6.45) is -0.336. The third-order valence-corrected chi connectivity index (χ3v) is 6.00. The number of halogens is 2. The summed E-state index contributed by atoms with van der Waals surface area (Å²) in [6, 6.07) is 8.85. The number of oxime groups is 1. The number of nitrogens with zero attached hydrogens (tertiary/aromatic N) is 2. The third-order valence-electron chi connectivity index (χ3n) is 4.41. The zero-order valence-corrected chi connectivity index (χ0v) is 16.9. The van der Waals surface area contributed by atoms with Gasteiger partial charge in [-0.1, -0.05) is 28.4 Å². The molecule has 0 aliphatic carbocycles. The Morgan fingerprint density at radius 1 is 1.32 bits per heavy atom. The van der Waals surface area contributed by atoms with Crippen LogP contribution >= 0.6 is 34.5 Å². The second-order valence-corrected chi connectivity index (χ2v) is 8.49. The maximum atomic E-state index is 12.5. The fourth-order valence-corrected chi connectivity index (χ4v) is 4.37. The van der Waals surface area contributed by atoms with E-state index in [2.05, 4.69) is 15.8 Å². The van der Waals surface area contributed by atoms with Crippen molar-refractivity contribution in [2.45, 2.75) is 12.5 Å². The Labute approximate surface area is 175 Å². The van der Waals surface area contributed by atoms with E-state index in [-0.39, 0.29) is 18.4 Å². The molecule has 0 bridgehead atoms. The fourth-order valence-electron chi connectivity index (χ4n) is 3.04. The Balaban J connectivity index is 1.38. The SMILES string of the molecule is O=C1CN(c2ccc(NC(=O)[C@@H]3CC(c4ccc(Cl)s4)=NO3)cc2Cl)CCN1. The highest BCUT2D eigenvalue weighted by molar-refractivity contribution is 7.18. The minimum Gasteiger partial charge on any atom is -0.382 e. The van der Waals surface area contributed by atoms with Crippen LogP contribution in [0.3, 0.4) is 0 Å². The van der Waals surface area contributed by atoms with Gasteiger partial charge in [0.15, 0.2) is 0 Å². The van der Waals surface area contributed by atoms with Gasteiger partial charge in [0, 0.05) is 25.2 Å². The first-order valence-electron chi connectivity index (χ1n) is 8.60. The minimum absolute atomic E-state index is 0.0408. The first-order chi connectivity index (χ1) is 13.5. The van der Waals surface area contributed by atoms with Gasteiger partial charge in [-0.15, -0.1) is 11.3 Å². The normalized spacial score (nSPS) is 19.1. The number of amides is 2. The van der Waals surface area contributed by atoms with E-state index in [9.17, 15) is 9.59 Å². The van der Waals surface area contributed by atoms with E-state index in [0.717, 1.165) is 10.6 Å². The van der Waals surface area contributed by atoms with Gasteiger partial charge < -0.3 is 20.4 Å². The molecular formula is C18H16Cl2N4O3S. The van der Waals surface area contributed by atoms with E-state index in [1.807, 2.05) is 11.0 Å². The molecule has 7 nitrogen and oxygen atoms in total. The van der Waals surface area contributed by atoms with Crippen molar-refractivity contribution in [3.63, 3.8) is 0 Å². The molecule has 0 unspecified atom stereocenters. The number of hydrogen-bond donors (Lipinski definition) is 2. The molecule has 1 saturated heterocycles. The lowest BCUT2D eigenvalue weighted by molar-refractivity contribution is -0.125. The average molecular weight is 439 g/mol. The van der Waals surface area contributed by atoms with Gasteiger partial charge in [-0.3, -0.25) is 9.59 Å². The van der Waals surface area contributed by atoms with Crippen LogP contribution in [0.4, 0.5) is 11.4 Å². The summed E-state index contributed by atoms with van der Waals surface area (Å²) >= 11 is 13.7. The number of benzene rings is 1. The van der Waals surface area contributed by atoms with Crippen LogP contribution in [-0.2, 0) is 14.4 Å². The van der Waals surface area contributed by atoms with Crippen molar-refractivity contribution in [1.29, 1.82) is 0 Å². The number of carbonyl (C=O) groups is 2. The second-order valence-electron chi connectivity index (χ2n) is 6.37. The van der Waals surface area contributed by atoms with Gasteiger partial charge in [-0.2, -0.15) is 0 Å². The standard InChI is InChI=1S/C18H16Cl2N4O3S/c19-11-7-10(1-2-13(11)24-6-5-21-17(25)9-24)22-18(26)14-8-12(23-27-14)15-3-4-16(20)28-15/h1-4,7,14H,5-6,8-9H2,(H,21,25)(H,22,26)/t14-/m0/s1. The lowest BCUT2D eigenvalue weighted by atomic mass is 10.1. The molecule has 0 saturated carbocycles. The summed E-state index contributed by atoms with van der Waals surface area (Å²) in [7, 11) is 0. The predicted octanol–water partition coefficient (Wildman–Crippen LogP) is 3.12. The molecule has 1 fully saturated rings. The highest BCUT2D eigenvalue weighted by atomic mass is 35.5. The second kappa shape index (κ2) is 7.98. The first-order valence-corrected chi connectivity index (χ1v) is 10.2. The van der Waals surface area contributed by atoms with Gasteiger partial charge in [0.25, 0.3) is 5.91 Å². The highest BCUT2D eigenvalue weighted by Gasteiger charge is 2.30. The van der Waals surface area contributed by atoms with E-state index in [1.165, 1.54) is 11.3 Å². The Kier molecular flexibility index (Phi) is 5.43. The van der Waals surface area contributed by atoms with Crippen LogP contribution < -0.4 is 15.5 Å².